The smallest absolute Gasteiger partial charge is 0.230 e. The van der Waals surface area contributed by atoms with Crippen molar-refractivity contribution in [2.45, 2.75) is 38.1 Å². The lowest BCUT2D eigenvalue weighted by atomic mass is 9.95. The first kappa shape index (κ1) is 16.5. The van der Waals surface area contributed by atoms with Crippen molar-refractivity contribution in [3.05, 3.63) is 35.9 Å². The Morgan fingerprint density at radius 3 is 2.74 bits per heavy atom. The number of ether oxygens (including phenoxy) is 1. The van der Waals surface area contributed by atoms with E-state index in [1.54, 1.807) is 0 Å². The second-order valence-electron chi connectivity index (χ2n) is 6.60. The molecule has 0 saturated carbocycles. The molecule has 1 aromatic rings. The van der Waals surface area contributed by atoms with E-state index in [4.69, 9.17) is 4.74 Å². The van der Waals surface area contributed by atoms with Crippen molar-refractivity contribution in [2.24, 2.45) is 0 Å². The van der Waals surface area contributed by atoms with Gasteiger partial charge in [-0.3, -0.25) is 9.69 Å². The monoisotopic (exact) mass is 316 g/mol. The predicted octanol–water partition coefficient (Wildman–Crippen LogP) is 2.50. The Bertz CT molecular complexity index is 499. The van der Waals surface area contributed by atoms with Crippen molar-refractivity contribution in [1.29, 1.82) is 0 Å². The topological polar surface area (TPSA) is 32.8 Å². The maximum atomic E-state index is 13.0. The van der Waals surface area contributed by atoms with Gasteiger partial charge in [-0.2, -0.15) is 0 Å². The molecule has 126 valence electrons. The highest BCUT2D eigenvalue weighted by Crippen LogP contribution is 2.23. The van der Waals surface area contributed by atoms with Gasteiger partial charge in [0, 0.05) is 38.8 Å². The third-order valence-corrected chi connectivity index (χ3v) is 5.17. The van der Waals surface area contributed by atoms with Gasteiger partial charge >= 0.3 is 0 Å². The Morgan fingerprint density at radius 2 is 2.04 bits per heavy atom. The molecule has 0 spiro atoms. The van der Waals surface area contributed by atoms with Gasteiger partial charge in [0.25, 0.3) is 0 Å². The zero-order chi connectivity index (χ0) is 16.1. The molecule has 2 aliphatic rings. The first-order valence-corrected chi connectivity index (χ1v) is 8.95. The summed E-state index contributed by atoms with van der Waals surface area (Å²) in [6.07, 6.45) is 3.06. The number of hydrogen-bond acceptors (Lipinski definition) is 3. The van der Waals surface area contributed by atoms with Crippen molar-refractivity contribution in [1.82, 2.24) is 9.80 Å². The molecule has 0 N–H and O–H groups in total. The normalized spacial score (nSPS) is 24.4. The number of rotatable bonds is 4. The highest BCUT2D eigenvalue weighted by molar-refractivity contribution is 5.83. The van der Waals surface area contributed by atoms with Crippen LogP contribution in [0.25, 0.3) is 0 Å². The number of amides is 1. The van der Waals surface area contributed by atoms with E-state index in [0.717, 1.165) is 64.2 Å². The summed E-state index contributed by atoms with van der Waals surface area (Å²) in [6.45, 7) is 7.64. The predicted molar refractivity (Wildman–Crippen MR) is 91.5 cm³/mol. The van der Waals surface area contributed by atoms with Crippen LogP contribution in [0.1, 0.15) is 37.7 Å². The number of hydrogen-bond donors (Lipinski definition) is 0. The Kier molecular flexibility index (Phi) is 5.68. The molecule has 1 amide bonds. The zero-order valence-electron chi connectivity index (χ0n) is 14.1. The van der Waals surface area contributed by atoms with Crippen molar-refractivity contribution < 1.29 is 9.53 Å². The third-order valence-electron chi connectivity index (χ3n) is 5.17. The van der Waals surface area contributed by atoms with Gasteiger partial charge in [-0.25, -0.2) is 0 Å². The van der Waals surface area contributed by atoms with E-state index in [0.29, 0.717) is 11.9 Å². The minimum Gasteiger partial charge on any atom is -0.380 e. The number of carbonyl (C=O) groups is 1. The van der Waals surface area contributed by atoms with Crippen molar-refractivity contribution >= 4 is 5.91 Å². The summed E-state index contributed by atoms with van der Waals surface area (Å²) < 4.78 is 5.52. The maximum absolute atomic E-state index is 13.0. The largest absolute Gasteiger partial charge is 0.380 e. The average Bonchev–Trinajstić information content (AvgIpc) is 3.01. The SMILES string of the molecule is CCC(C(=O)N1CCCN(C2CCOC2)CC1)c1ccccc1. The van der Waals surface area contributed by atoms with Crippen LogP contribution in [0.5, 0.6) is 0 Å². The Hall–Kier alpha value is -1.39. The number of carbonyl (C=O) groups excluding carboxylic acids is 1. The standard InChI is InChI=1S/C19H28N2O2/c1-2-18(16-7-4-3-5-8-16)19(22)21-11-6-10-20(12-13-21)17-9-14-23-15-17/h3-5,7-8,17-18H,2,6,9-15H2,1H3. The Labute approximate surface area is 139 Å². The summed E-state index contributed by atoms with van der Waals surface area (Å²) in [5, 5.41) is 0. The first-order chi connectivity index (χ1) is 11.3. The first-order valence-electron chi connectivity index (χ1n) is 8.95. The molecule has 2 fully saturated rings. The number of benzene rings is 1. The van der Waals surface area contributed by atoms with Crippen molar-refractivity contribution in [3.8, 4) is 0 Å². The molecule has 2 aliphatic heterocycles. The van der Waals surface area contributed by atoms with Crippen molar-refractivity contribution in [3.63, 3.8) is 0 Å². The van der Waals surface area contributed by atoms with Gasteiger partial charge in [-0.1, -0.05) is 37.3 Å². The van der Waals surface area contributed by atoms with Gasteiger partial charge < -0.3 is 9.64 Å². The van der Waals surface area contributed by atoms with E-state index in [-0.39, 0.29) is 5.92 Å². The summed E-state index contributed by atoms with van der Waals surface area (Å²) in [7, 11) is 0. The summed E-state index contributed by atoms with van der Waals surface area (Å²) in [5.74, 6) is 0.292. The van der Waals surface area contributed by atoms with E-state index >= 15 is 0 Å². The molecule has 23 heavy (non-hydrogen) atoms. The minimum absolute atomic E-state index is 0.00226. The highest BCUT2D eigenvalue weighted by Gasteiger charge is 2.29. The lowest BCUT2D eigenvalue weighted by molar-refractivity contribution is -0.132. The minimum atomic E-state index is -0.00226. The highest BCUT2D eigenvalue weighted by atomic mass is 16.5. The lowest BCUT2D eigenvalue weighted by Gasteiger charge is -2.28. The van der Waals surface area contributed by atoms with Gasteiger partial charge in [0.2, 0.25) is 5.91 Å². The van der Waals surface area contributed by atoms with Crippen LogP contribution in [0, 0.1) is 0 Å². The van der Waals surface area contributed by atoms with Crippen LogP contribution >= 0.6 is 0 Å². The molecular weight excluding hydrogens is 288 g/mol. The lowest BCUT2D eigenvalue weighted by Crippen LogP contribution is -2.41. The molecular formula is C19H28N2O2. The molecule has 0 aliphatic carbocycles. The van der Waals surface area contributed by atoms with Gasteiger partial charge in [-0.05, 0) is 24.8 Å². The van der Waals surface area contributed by atoms with Gasteiger partial charge in [-0.15, -0.1) is 0 Å². The van der Waals surface area contributed by atoms with Crippen molar-refractivity contribution in [2.75, 3.05) is 39.4 Å². The third kappa shape index (κ3) is 3.93. The molecule has 2 atom stereocenters. The van der Waals surface area contributed by atoms with Gasteiger partial charge in [0.1, 0.15) is 0 Å². The molecule has 2 unspecified atom stereocenters. The Morgan fingerprint density at radius 1 is 1.22 bits per heavy atom. The summed E-state index contributed by atoms with van der Waals surface area (Å²) in [5.41, 5.74) is 1.14. The maximum Gasteiger partial charge on any atom is 0.230 e. The van der Waals surface area contributed by atoms with E-state index in [1.165, 1.54) is 0 Å². The van der Waals surface area contributed by atoms with Gasteiger partial charge in [0.05, 0.1) is 12.5 Å². The second-order valence-corrected chi connectivity index (χ2v) is 6.60. The second kappa shape index (κ2) is 7.93. The van der Waals surface area contributed by atoms with Crippen LogP contribution in [0.2, 0.25) is 0 Å². The quantitative estimate of drug-likeness (QED) is 0.855. The van der Waals surface area contributed by atoms with Crippen LogP contribution in [-0.2, 0) is 9.53 Å². The van der Waals surface area contributed by atoms with E-state index in [1.807, 2.05) is 18.2 Å². The molecule has 0 radical (unpaired) electrons. The molecule has 4 nitrogen and oxygen atoms in total. The fourth-order valence-corrected chi connectivity index (χ4v) is 3.79. The fraction of sp³-hybridized carbons (Fsp3) is 0.632. The molecule has 2 saturated heterocycles. The Balaban J connectivity index is 1.62. The van der Waals surface area contributed by atoms with E-state index in [2.05, 4.69) is 28.9 Å². The van der Waals surface area contributed by atoms with Crippen LogP contribution in [-0.4, -0.2) is 61.1 Å². The molecule has 0 aromatic heterocycles. The summed E-state index contributed by atoms with van der Waals surface area (Å²) in [6, 6.07) is 10.8. The summed E-state index contributed by atoms with van der Waals surface area (Å²) in [4.78, 5) is 17.6. The van der Waals surface area contributed by atoms with Crippen LogP contribution in [0.3, 0.4) is 0 Å². The van der Waals surface area contributed by atoms with Gasteiger partial charge in [0.15, 0.2) is 0 Å². The molecule has 4 heteroatoms. The molecule has 0 bridgehead atoms. The molecule has 2 heterocycles. The fourth-order valence-electron chi connectivity index (χ4n) is 3.79. The molecule has 3 rings (SSSR count). The number of nitrogens with zero attached hydrogens (tertiary/aromatic N) is 2. The summed E-state index contributed by atoms with van der Waals surface area (Å²) >= 11 is 0. The zero-order valence-corrected chi connectivity index (χ0v) is 14.1. The average molecular weight is 316 g/mol. The van der Waals surface area contributed by atoms with E-state index < -0.39 is 0 Å². The van der Waals surface area contributed by atoms with Crippen LogP contribution in [0.15, 0.2) is 30.3 Å². The molecule has 1 aromatic carbocycles. The van der Waals surface area contributed by atoms with Crippen LogP contribution in [0.4, 0.5) is 0 Å². The van der Waals surface area contributed by atoms with Crippen LogP contribution < -0.4 is 0 Å². The van der Waals surface area contributed by atoms with E-state index in [9.17, 15) is 4.79 Å².